The summed E-state index contributed by atoms with van der Waals surface area (Å²) in [5.74, 6) is 0.0737. The molecule has 25 heavy (non-hydrogen) atoms. The van der Waals surface area contributed by atoms with Crippen molar-refractivity contribution in [3.63, 3.8) is 0 Å². The van der Waals surface area contributed by atoms with E-state index in [0.717, 1.165) is 31.2 Å². The van der Waals surface area contributed by atoms with E-state index < -0.39 is 10.0 Å². The van der Waals surface area contributed by atoms with Gasteiger partial charge in [-0.2, -0.15) is 0 Å². The molecule has 2 aromatic rings. The average Bonchev–Trinajstić information content (AvgIpc) is 3.09. The zero-order valence-electron chi connectivity index (χ0n) is 14.0. The van der Waals surface area contributed by atoms with E-state index in [2.05, 4.69) is 15.0 Å². The minimum absolute atomic E-state index is 0.0151. The fraction of sp³-hybridized carbons (Fsp3) is 0.333. The Hall–Kier alpha value is -2.25. The van der Waals surface area contributed by atoms with Crippen molar-refractivity contribution < 1.29 is 13.2 Å². The summed E-state index contributed by atoms with van der Waals surface area (Å²) in [5, 5.41) is 2.71. The van der Waals surface area contributed by atoms with Gasteiger partial charge in [-0.1, -0.05) is 25.0 Å². The second kappa shape index (κ2) is 7.33. The minimum Gasteiger partial charge on any atom is -0.306 e. The number of aromatic nitrogens is 1. The van der Waals surface area contributed by atoms with Crippen molar-refractivity contribution in [2.45, 2.75) is 43.5 Å². The number of aryl methyl sites for hydroxylation is 1. The van der Waals surface area contributed by atoms with Crippen molar-refractivity contribution in [2.75, 3.05) is 5.32 Å². The van der Waals surface area contributed by atoms with Crippen LogP contribution in [0.2, 0.25) is 0 Å². The first-order chi connectivity index (χ1) is 12.0. The Kier molecular flexibility index (Phi) is 5.15. The third-order valence-corrected chi connectivity index (χ3v) is 5.84. The van der Waals surface area contributed by atoms with Crippen molar-refractivity contribution in [2.24, 2.45) is 0 Å². The molecule has 3 rings (SSSR count). The van der Waals surface area contributed by atoms with E-state index in [4.69, 9.17) is 0 Å². The molecule has 1 aliphatic carbocycles. The molecule has 0 radical (unpaired) electrons. The number of anilines is 1. The summed E-state index contributed by atoms with van der Waals surface area (Å²) >= 11 is 0. The molecule has 0 spiro atoms. The average molecular weight is 359 g/mol. The first kappa shape index (κ1) is 17.6. The van der Waals surface area contributed by atoms with Gasteiger partial charge in [-0.15, -0.1) is 0 Å². The fourth-order valence-electron chi connectivity index (χ4n) is 2.93. The van der Waals surface area contributed by atoms with Gasteiger partial charge in [0.2, 0.25) is 10.0 Å². The highest BCUT2D eigenvalue weighted by Crippen LogP contribution is 2.21. The SMILES string of the molecule is Cc1cccnc1NC(=O)c1cccc(S(=O)(=O)NC2CCCC2)c1. The van der Waals surface area contributed by atoms with Crippen LogP contribution in [0, 0.1) is 6.92 Å². The molecule has 1 saturated carbocycles. The topological polar surface area (TPSA) is 88.2 Å². The van der Waals surface area contributed by atoms with Crippen LogP contribution in [0.1, 0.15) is 41.6 Å². The van der Waals surface area contributed by atoms with Crippen LogP contribution in [-0.4, -0.2) is 25.4 Å². The molecule has 6 nitrogen and oxygen atoms in total. The van der Waals surface area contributed by atoms with Crippen LogP contribution in [0.15, 0.2) is 47.5 Å². The van der Waals surface area contributed by atoms with Crippen LogP contribution < -0.4 is 10.0 Å². The zero-order valence-corrected chi connectivity index (χ0v) is 14.8. The number of hydrogen-bond donors (Lipinski definition) is 2. The molecule has 0 aliphatic heterocycles. The molecule has 7 heteroatoms. The highest BCUT2D eigenvalue weighted by atomic mass is 32.2. The van der Waals surface area contributed by atoms with Crippen molar-refractivity contribution in [3.05, 3.63) is 53.7 Å². The van der Waals surface area contributed by atoms with Gasteiger partial charge >= 0.3 is 0 Å². The molecule has 0 bridgehead atoms. The molecule has 0 unspecified atom stereocenters. The van der Waals surface area contributed by atoms with Crippen molar-refractivity contribution in [1.29, 1.82) is 0 Å². The van der Waals surface area contributed by atoms with Gasteiger partial charge < -0.3 is 5.32 Å². The zero-order chi connectivity index (χ0) is 17.9. The number of rotatable bonds is 5. The summed E-state index contributed by atoms with van der Waals surface area (Å²) in [5.41, 5.74) is 1.11. The van der Waals surface area contributed by atoms with E-state index in [1.54, 1.807) is 24.4 Å². The summed E-state index contributed by atoms with van der Waals surface area (Å²) in [6, 6.07) is 9.66. The van der Waals surface area contributed by atoms with E-state index in [1.807, 2.05) is 13.0 Å². The molecule has 132 valence electrons. The lowest BCUT2D eigenvalue weighted by Crippen LogP contribution is -2.32. The molecule has 0 saturated heterocycles. The quantitative estimate of drug-likeness (QED) is 0.859. The molecular formula is C18H21N3O3S. The molecule has 2 N–H and O–H groups in total. The highest BCUT2D eigenvalue weighted by molar-refractivity contribution is 7.89. The summed E-state index contributed by atoms with van der Waals surface area (Å²) in [7, 11) is -3.63. The number of nitrogens with zero attached hydrogens (tertiary/aromatic N) is 1. The van der Waals surface area contributed by atoms with Crippen LogP contribution in [0.4, 0.5) is 5.82 Å². The highest BCUT2D eigenvalue weighted by Gasteiger charge is 2.23. The van der Waals surface area contributed by atoms with Gasteiger partial charge in [0.1, 0.15) is 5.82 Å². The standard InChI is InChI=1S/C18H21N3O3S/c1-13-6-5-11-19-17(13)20-18(22)14-7-4-10-16(12-14)25(23,24)21-15-8-2-3-9-15/h4-7,10-12,15,21H,2-3,8-9H2,1H3,(H,19,20,22). The van der Waals surface area contributed by atoms with Crippen molar-refractivity contribution in [3.8, 4) is 0 Å². The number of benzene rings is 1. The molecule has 1 fully saturated rings. The van der Waals surface area contributed by atoms with Crippen molar-refractivity contribution >= 4 is 21.7 Å². The lowest BCUT2D eigenvalue weighted by molar-refractivity contribution is 0.102. The minimum atomic E-state index is -3.63. The fourth-order valence-corrected chi connectivity index (χ4v) is 4.28. The second-order valence-electron chi connectivity index (χ2n) is 6.25. The molecule has 1 aliphatic rings. The lowest BCUT2D eigenvalue weighted by Gasteiger charge is -2.13. The molecule has 1 heterocycles. The Bertz CT molecular complexity index is 875. The predicted octanol–water partition coefficient (Wildman–Crippen LogP) is 2.86. The molecule has 1 amide bonds. The van der Waals surface area contributed by atoms with Crippen LogP contribution >= 0.6 is 0 Å². The maximum absolute atomic E-state index is 12.5. The van der Waals surface area contributed by atoms with Gasteiger partial charge in [0.25, 0.3) is 5.91 Å². The maximum Gasteiger partial charge on any atom is 0.256 e. The van der Waals surface area contributed by atoms with Crippen LogP contribution in [0.5, 0.6) is 0 Å². The van der Waals surface area contributed by atoms with Crippen LogP contribution in [0.25, 0.3) is 0 Å². The number of nitrogens with one attached hydrogen (secondary N) is 2. The van der Waals surface area contributed by atoms with E-state index in [0.29, 0.717) is 5.82 Å². The maximum atomic E-state index is 12.5. The predicted molar refractivity (Wildman–Crippen MR) is 95.9 cm³/mol. The van der Waals surface area contributed by atoms with Crippen LogP contribution in [0.3, 0.4) is 0 Å². The number of amides is 1. The van der Waals surface area contributed by atoms with Crippen molar-refractivity contribution in [1.82, 2.24) is 9.71 Å². The second-order valence-corrected chi connectivity index (χ2v) is 7.97. The van der Waals surface area contributed by atoms with Gasteiger partial charge in [0.15, 0.2) is 0 Å². The Morgan fingerprint density at radius 1 is 1.16 bits per heavy atom. The molecule has 1 aromatic carbocycles. The number of pyridine rings is 1. The van der Waals surface area contributed by atoms with E-state index in [9.17, 15) is 13.2 Å². The summed E-state index contributed by atoms with van der Waals surface area (Å²) in [6.07, 6.45) is 5.39. The first-order valence-corrected chi connectivity index (χ1v) is 9.79. The Balaban J connectivity index is 1.78. The van der Waals surface area contributed by atoms with Gasteiger partial charge in [0, 0.05) is 17.8 Å². The van der Waals surface area contributed by atoms with Crippen LogP contribution in [-0.2, 0) is 10.0 Å². The molecule has 1 aromatic heterocycles. The number of sulfonamides is 1. The van der Waals surface area contributed by atoms with E-state index >= 15 is 0 Å². The lowest BCUT2D eigenvalue weighted by atomic mass is 10.2. The monoisotopic (exact) mass is 359 g/mol. The van der Waals surface area contributed by atoms with E-state index in [1.165, 1.54) is 12.1 Å². The summed E-state index contributed by atoms with van der Waals surface area (Å²) < 4.78 is 27.8. The Morgan fingerprint density at radius 3 is 2.64 bits per heavy atom. The molecule has 0 atom stereocenters. The Labute approximate surface area is 147 Å². The number of carbonyl (C=O) groups is 1. The Morgan fingerprint density at radius 2 is 1.92 bits per heavy atom. The first-order valence-electron chi connectivity index (χ1n) is 8.31. The van der Waals surface area contributed by atoms with E-state index in [-0.39, 0.29) is 22.4 Å². The third kappa shape index (κ3) is 4.24. The number of hydrogen-bond acceptors (Lipinski definition) is 4. The summed E-state index contributed by atoms with van der Waals surface area (Å²) in [6.45, 7) is 1.84. The van der Waals surface area contributed by atoms with Gasteiger partial charge in [-0.25, -0.2) is 18.1 Å². The number of carbonyl (C=O) groups excluding carboxylic acids is 1. The third-order valence-electron chi connectivity index (χ3n) is 4.32. The normalized spacial score (nSPS) is 15.2. The van der Waals surface area contributed by atoms with Gasteiger partial charge in [-0.05, 0) is 49.6 Å². The van der Waals surface area contributed by atoms with Gasteiger partial charge in [-0.3, -0.25) is 4.79 Å². The smallest absolute Gasteiger partial charge is 0.256 e. The molecular weight excluding hydrogens is 338 g/mol. The summed E-state index contributed by atoms with van der Waals surface area (Å²) in [4.78, 5) is 16.6. The largest absolute Gasteiger partial charge is 0.306 e. The van der Waals surface area contributed by atoms with Gasteiger partial charge in [0.05, 0.1) is 4.90 Å².